The zero-order valence-corrected chi connectivity index (χ0v) is 14.4. The molecule has 0 amide bonds. The molecule has 1 aromatic heterocycles. The van der Waals surface area contributed by atoms with Crippen LogP contribution in [0, 0.1) is 5.41 Å². The normalized spacial score (nSPS) is 10.7. The lowest BCUT2D eigenvalue weighted by Crippen LogP contribution is -2.25. The third-order valence-electron chi connectivity index (χ3n) is 3.83. The maximum Gasteiger partial charge on any atom is 0.139 e. The molecular weight excluding hydrogens is 290 g/mol. The standard InChI is InChI=1S/C18H31N3O2/c1-2-3-4-5-11-20-12-10-18-9-8-17(23-18)7-6-13-21(16-19)14-15-22/h8-9,15-16,19-20H,2-7,10-14H2,1H3. The average molecular weight is 321 g/mol. The molecule has 0 bridgehead atoms. The first-order chi connectivity index (χ1) is 11.3. The summed E-state index contributed by atoms with van der Waals surface area (Å²) in [6.45, 7) is 5.27. The van der Waals surface area contributed by atoms with Gasteiger partial charge in [-0.15, -0.1) is 0 Å². The Bertz CT molecular complexity index is 432. The van der Waals surface area contributed by atoms with Crippen molar-refractivity contribution in [2.75, 3.05) is 26.2 Å². The van der Waals surface area contributed by atoms with E-state index in [0.29, 0.717) is 6.54 Å². The highest BCUT2D eigenvalue weighted by molar-refractivity contribution is 5.60. The Hall–Kier alpha value is -1.62. The highest BCUT2D eigenvalue weighted by Gasteiger charge is 2.04. The van der Waals surface area contributed by atoms with Crippen LogP contribution in [0.3, 0.4) is 0 Å². The maximum atomic E-state index is 10.4. The summed E-state index contributed by atoms with van der Waals surface area (Å²) in [5, 5.41) is 10.7. The van der Waals surface area contributed by atoms with Crippen LogP contribution in [0.1, 0.15) is 50.5 Å². The Morgan fingerprint density at radius 1 is 1.13 bits per heavy atom. The fraction of sp³-hybridized carbons (Fsp3) is 0.667. The minimum Gasteiger partial charge on any atom is -0.466 e. The van der Waals surface area contributed by atoms with Gasteiger partial charge in [-0.25, -0.2) is 0 Å². The number of hydrogen-bond donors (Lipinski definition) is 2. The van der Waals surface area contributed by atoms with Crippen LogP contribution >= 0.6 is 0 Å². The summed E-state index contributed by atoms with van der Waals surface area (Å²) in [5.74, 6) is 2.01. The lowest BCUT2D eigenvalue weighted by atomic mass is 10.2. The summed E-state index contributed by atoms with van der Waals surface area (Å²) in [4.78, 5) is 12.1. The molecule has 0 aliphatic carbocycles. The van der Waals surface area contributed by atoms with Gasteiger partial charge in [-0.3, -0.25) is 5.41 Å². The Kier molecular flexibility index (Phi) is 10.9. The number of unbranched alkanes of at least 4 members (excludes halogenated alkanes) is 3. The molecule has 130 valence electrons. The zero-order valence-electron chi connectivity index (χ0n) is 14.4. The number of aldehydes is 1. The third kappa shape index (κ3) is 9.18. The molecule has 0 spiro atoms. The number of carbonyl (C=O) groups excluding carboxylic acids is 1. The van der Waals surface area contributed by atoms with Gasteiger partial charge in [0.15, 0.2) is 0 Å². The van der Waals surface area contributed by atoms with Gasteiger partial charge in [0.1, 0.15) is 17.8 Å². The van der Waals surface area contributed by atoms with E-state index in [-0.39, 0.29) is 6.54 Å². The number of nitrogens with zero attached hydrogens (tertiary/aromatic N) is 1. The molecule has 1 rings (SSSR count). The molecule has 0 saturated carbocycles. The van der Waals surface area contributed by atoms with Gasteiger partial charge in [-0.2, -0.15) is 0 Å². The summed E-state index contributed by atoms with van der Waals surface area (Å²) in [7, 11) is 0. The largest absolute Gasteiger partial charge is 0.466 e. The lowest BCUT2D eigenvalue weighted by molar-refractivity contribution is -0.108. The number of aryl methyl sites for hydroxylation is 1. The van der Waals surface area contributed by atoms with Gasteiger partial charge in [0.2, 0.25) is 0 Å². The molecule has 23 heavy (non-hydrogen) atoms. The van der Waals surface area contributed by atoms with E-state index in [1.54, 1.807) is 4.90 Å². The summed E-state index contributed by atoms with van der Waals surface area (Å²) in [5.41, 5.74) is 0. The number of carbonyl (C=O) groups is 1. The molecule has 0 radical (unpaired) electrons. The smallest absolute Gasteiger partial charge is 0.139 e. The van der Waals surface area contributed by atoms with Gasteiger partial charge < -0.3 is 19.4 Å². The highest BCUT2D eigenvalue weighted by atomic mass is 16.3. The Morgan fingerprint density at radius 2 is 1.91 bits per heavy atom. The Labute approximate surface area is 139 Å². The van der Waals surface area contributed by atoms with Gasteiger partial charge in [0.05, 0.1) is 12.9 Å². The predicted octanol–water partition coefficient (Wildman–Crippen LogP) is 3.03. The summed E-state index contributed by atoms with van der Waals surface area (Å²) < 4.78 is 5.82. The molecule has 0 aliphatic heterocycles. The highest BCUT2D eigenvalue weighted by Crippen LogP contribution is 2.10. The first-order valence-electron chi connectivity index (χ1n) is 8.76. The molecule has 0 atom stereocenters. The second-order valence-electron chi connectivity index (χ2n) is 5.82. The zero-order chi connectivity index (χ0) is 16.8. The van der Waals surface area contributed by atoms with Crippen molar-refractivity contribution in [3.63, 3.8) is 0 Å². The van der Waals surface area contributed by atoms with Gasteiger partial charge in [0.25, 0.3) is 0 Å². The molecule has 0 unspecified atom stereocenters. The van der Waals surface area contributed by atoms with Gasteiger partial charge in [0, 0.05) is 25.9 Å². The first kappa shape index (κ1) is 19.4. The van der Waals surface area contributed by atoms with Gasteiger partial charge in [-0.1, -0.05) is 26.2 Å². The van der Waals surface area contributed by atoms with Crippen molar-refractivity contribution >= 4 is 12.6 Å². The molecule has 0 aliphatic rings. The van der Waals surface area contributed by atoms with E-state index in [1.807, 2.05) is 12.1 Å². The van der Waals surface area contributed by atoms with E-state index in [9.17, 15) is 4.79 Å². The molecule has 0 saturated heterocycles. The molecule has 1 heterocycles. The van der Waals surface area contributed by atoms with Gasteiger partial charge in [-0.05, 0) is 31.5 Å². The van der Waals surface area contributed by atoms with E-state index < -0.39 is 0 Å². The number of furan rings is 1. The minimum absolute atomic E-state index is 0.289. The molecule has 2 N–H and O–H groups in total. The first-order valence-corrected chi connectivity index (χ1v) is 8.76. The van der Waals surface area contributed by atoms with Crippen LogP contribution in [-0.2, 0) is 17.6 Å². The number of rotatable bonds is 15. The van der Waals surface area contributed by atoms with Crippen LogP contribution in [0.4, 0.5) is 0 Å². The van der Waals surface area contributed by atoms with Crippen molar-refractivity contribution in [3.8, 4) is 0 Å². The monoisotopic (exact) mass is 321 g/mol. The van der Waals surface area contributed by atoms with Crippen molar-refractivity contribution in [2.24, 2.45) is 0 Å². The number of hydrogen-bond acceptors (Lipinski definition) is 4. The number of nitrogens with one attached hydrogen (secondary N) is 2. The van der Waals surface area contributed by atoms with Crippen molar-refractivity contribution in [1.29, 1.82) is 5.41 Å². The lowest BCUT2D eigenvalue weighted by Gasteiger charge is -2.14. The van der Waals surface area contributed by atoms with E-state index >= 15 is 0 Å². The van der Waals surface area contributed by atoms with E-state index in [0.717, 1.165) is 50.2 Å². The molecule has 5 nitrogen and oxygen atoms in total. The summed E-state index contributed by atoms with van der Waals surface area (Å²) in [6.07, 6.45) is 9.85. The second kappa shape index (κ2) is 12.9. The average Bonchev–Trinajstić information content (AvgIpc) is 3.01. The second-order valence-corrected chi connectivity index (χ2v) is 5.82. The van der Waals surface area contributed by atoms with Crippen LogP contribution in [0.25, 0.3) is 0 Å². The fourth-order valence-corrected chi connectivity index (χ4v) is 2.47. The van der Waals surface area contributed by atoms with Crippen LogP contribution in [0.5, 0.6) is 0 Å². The van der Waals surface area contributed by atoms with E-state index in [1.165, 1.54) is 32.0 Å². The molecular formula is C18H31N3O2. The maximum absolute atomic E-state index is 10.4. The fourth-order valence-electron chi connectivity index (χ4n) is 2.47. The molecule has 0 aromatic carbocycles. The third-order valence-corrected chi connectivity index (χ3v) is 3.83. The summed E-state index contributed by atoms with van der Waals surface area (Å²) >= 11 is 0. The van der Waals surface area contributed by atoms with Crippen molar-refractivity contribution in [3.05, 3.63) is 23.7 Å². The Morgan fingerprint density at radius 3 is 2.61 bits per heavy atom. The molecule has 0 fully saturated rings. The van der Waals surface area contributed by atoms with Crippen LogP contribution in [0.15, 0.2) is 16.5 Å². The van der Waals surface area contributed by atoms with E-state index in [2.05, 4.69) is 12.2 Å². The van der Waals surface area contributed by atoms with Crippen molar-refractivity contribution in [1.82, 2.24) is 10.2 Å². The SMILES string of the molecule is CCCCCCNCCc1ccc(CCCN(C=N)CC=O)o1. The van der Waals surface area contributed by atoms with Gasteiger partial charge >= 0.3 is 0 Å². The minimum atomic E-state index is 0.289. The quantitative estimate of drug-likeness (QED) is 0.225. The molecule has 1 aromatic rings. The van der Waals surface area contributed by atoms with Crippen LogP contribution in [-0.4, -0.2) is 43.7 Å². The predicted molar refractivity (Wildman–Crippen MR) is 94.2 cm³/mol. The van der Waals surface area contributed by atoms with Crippen LogP contribution < -0.4 is 5.32 Å². The Balaban J connectivity index is 2.12. The summed E-state index contributed by atoms with van der Waals surface area (Å²) in [6, 6.07) is 4.08. The van der Waals surface area contributed by atoms with Crippen LogP contribution in [0.2, 0.25) is 0 Å². The van der Waals surface area contributed by atoms with E-state index in [4.69, 9.17) is 9.83 Å². The van der Waals surface area contributed by atoms with Crippen molar-refractivity contribution < 1.29 is 9.21 Å². The van der Waals surface area contributed by atoms with Crippen molar-refractivity contribution in [2.45, 2.75) is 51.9 Å². The topological polar surface area (TPSA) is 69.3 Å². The molecule has 5 heteroatoms.